The first kappa shape index (κ1) is 23.8. The summed E-state index contributed by atoms with van der Waals surface area (Å²) in [7, 11) is -3.30. The van der Waals surface area contributed by atoms with Crippen molar-refractivity contribution in [1.29, 1.82) is 0 Å². The molecule has 4 aromatic rings. The highest BCUT2D eigenvalue weighted by Crippen LogP contribution is 2.33. The molecule has 0 radical (unpaired) electrons. The molecule has 3 heterocycles. The summed E-state index contributed by atoms with van der Waals surface area (Å²) in [4.78, 5) is 14.2. The number of nitrogens with one attached hydrogen (secondary N) is 2. The molecule has 0 aliphatic carbocycles. The average molecular weight is 513 g/mol. The molecule has 1 aliphatic rings. The predicted molar refractivity (Wildman–Crippen MR) is 132 cm³/mol. The maximum atomic E-state index is 14.2. The van der Waals surface area contributed by atoms with Crippen molar-refractivity contribution in [3.8, 4) is 17.0 Å². The monoisotopic (exact) mass is 512 g/mol. The molecule has 9 nitrogen and oxygen atoms in total. The number of hydrogen-bond acceptors (Lipinski definition) is 8. The number of anilines is 2. The van der Waals surface area contributed by atoms with E-state index >= 15 is 0 Å². The highest BCUT2D eigenvalue weighted by molar-refractivity contribution is 7.92. The summed E-state index contributed by atoms with van der Waals surface area (Å²) in [6.07, 6.45) is 3.05. The van der Waals surface area contributed by atoms with Crippen LogP contribution in [0.4, 0.5) is 20.3 Å². The van der Waals surface area contributed by atoms with E-state index in [1.807, 2.05) is 18.2 Å². The van der Waals surface area contributed by atoms with Crippen molar-refractivity contribution in [1.82, 2.24) is 20.3 Å². The van der Waals surface area contributed by atoms with Gasteiger partial charge in [0.1, 0.15) is 29.5 Å². The van der Waals surface area contributed by atoms with Crippen LogP contribution in [0.3, 0.4) is 0 Å². The van der Waals surface area contributed by atoms with Gasteiger partial charge in [0.05, 0.1) is 12.6 Å². The molecule has 5 rings (SSSR count). The molecule has 0 amide bonds. The summed E-state index contributed by atoms with van der Waals surface area (Å²) < 4.78 is 61.5. The largest absolute Gasteiger partial charge is 0.480 e. The van der Waals surface area contributed by atoms with Gasteiger partial charge in [-0.3, -0.25) is 4.72 Å². The van der Waals surface area contributed by atoms with Crippen LogP contribution in [0.25, 0.3) is 22.0 Å². The van der Waals surface area contributed by atoms with Gasteiger partial charge < -0.3 is 15.0 Å². The van der Waals surface area contributed by atoms with Crippen molar-refractivity contribution in [2.75, 3.05) is 42.9 Å². The van der Waals surface area contributed by atoms with Gasteiger partial charge in [0.2, 0.25) is 5.88 Å². The Bertz CT molecular complexity index is 1520. The Labute approximate surface area is 206 Å². The molecular formula is C24H22F2N6O3S. The van der Waals surface area contributed by atoms with Crippen LogP contribution in [0, 0.1) is 11.6 Å². The van der Waals surface area contributed by atoms with E-state index in [9.17, 15) is 17.2 Å². The Morgan fingerprint density at radius 3 is 2.47 bits per heavy atom. The minimum absolute atomic E-state index is 0.0512. The molecule has 0 atom stereocenters. The van der Waals surface area contributed by atoms with E-state index in [-0.39, 0.29) is 11.6 Å². The van der Waals surface area contributed by atoms with Gasteiger partial charge in [-0.25, -0.2) is 32.2 Å². The van der Waals surface area contributed by atoms with Crippen LogP contribution in [0.15, 0.2) is 59.9 Å². The van der Waals surface area contributed by atoms with Gasteiger partial charge in [-0.2, -0.15) is 0 Å². The summed E-state index contributed by atoms with van der Waals surface area (Å²) in [5, 5.41) is 4.15. The van der Waals surface area contributed by atoms with E-state index < -0.39 is 26.6 Å². The second-order valence-electron chi connectivity index (χ2n) is 8.10. The van der Waals surface area contributed by atoms with Gasteiger partial charge in [-0.05, 0) is 35.9 Å². The molecule has 0 unspecified atom stereocenters. The van der Waals surface area contributed by atoms with E-state index in [0.717, 1.165) is 66.7 Å². The number of methoxy groups -OCH3 is 1. The lowest BCUT2D eigenvalue weighted by atomic mass is 10.0. The number of halogens is 2. The van der Waals surface area contributed by atoms with Crippen molar-refractivity contribution in [3.05, 3.63) is 66.6 Å². The summed E-state index contributed by atoms with van der Waals surface area (Å²) >= 11 is 0. The summed E-state index contributed by atoms with van der Waals surface area (Å²) in [5.74, 6) is -1.66. The molecule has 0 spiro atoms. The van der Waals surface area contributed by atoms with Gasteiger partial charge in [-0.1, -0.05) is 12.1 Å². The molecule has 12 heteroatoms. The lowest BCUT2D eigenvalue weighted by molar-refractivity contribution is 0.400. The van der Waals surface area contributed by atoms with Crippen molar-refractivity contribution >= 4 is 32.4 Å². The molecule has 1 fully saturated rings. The third-order valence-electron chi connectivity index (χ3n) is 5.84. The van der Waals surface area contributed by atoms with Crippen molar-refractivity contribution < 1.29 is 21.9 Å². The molecule has 36 heavy (non-hydrogen) atoms. The van der Waals surface area contributed by atoms with Crippen LogP contribution in [-0.2, 0) is 10.0 Å². The topological polar surface area (TPSA) is 109 Å². The number of nitrogens with zero attached hydrogens (tertiary/aromatic N) is 4. The zero-order valence-corrected chi connectivity index (χ0v) is 20.0. The lowest BCUT2D eigenvalue weighted by Crippen LogP contribution is -2.44. The highest BCUT2D eigenvalue weighted by atomic mass is 32.2. The summed E-state index contributed by atoms with van der Waals surface area (Å²) in [5.41, 5.74) is 1.98. The minimum Gasteiger partial charge on any atom is -0.480 e. The number of sulfonamides is 1. The van der Waals surface area contributed by atoms with Crippen LogP contribution in [0.5, 0.6) is 5.88 Å². The molecule has 0 saturated carbocycles. The lowest BCUT2D eigenvalue weighted by Gasteiger charge is -2.29. The SMILES string of the molecule is COc1ncc(-c2ccc3ncnc(N4CCNCC4)c3c2)cc1NS(=O)(=O)c1c(F)cccc1F. The Kier molecular flexibility index (Phi) is 6.37. The first-order chi connectivity index (χ1) is 17.4. The molecule has 2 aromatic heterocycles. The zero-order valence-electron chi connectivity index (χ0n) is 19.2. The average Bonchev–Trinajstić information content (AvgIpc) is 2.88. The van der Waals surface area contributed by atoms with Gasteiger partial charge in [-0.15, -0.1) is 0 Å². The number of aromatic nitrogens is 3. The van der Waals surface area contributed by atoms with Crippen LogP contribution in [0.1, 0.15) is 0 Å². The number of pyridine rings is 1. The first-order valence-corrected chi connectivity index (χ1v) is 12.6. The summed E-state index contributed by atoms with van der Waals surface area (Å²) in [6.45, 7) is 3.30. The molecule has 2 aromatic carbocycles. The number of piperazine rings is 1. The highest BCUT2D eigenvalue weighted by Gasteiger charge is 2.26. The standard InChI is InChI=1S/C24H22F2N6O3S/c1-35-24-21(31-36(33,34)22-18(25)3-2-4-19(22)26)12-16(13-28-24)15-5-6-20-17(11-15)23(30-14-29-20)32-9-7-27-8-10-32/h2-6,11-14,27,31H,7-10H2,1H3. The smallest absolute Gasteiger partial charge is 0.267 e. The molecule has 186 valence electrons. The fourth-order valence-electron chi connectivity index (χ4n) is 4.13. The van der Waals surface area contributed by atoms with E-state index in [0.29, 0.717) is 5.56 Å². The van der Waals surface area contributed by atoms with Gasteiger partial charge in [0, 0.05) is 43.3 Å². The molecule has 2 N–H and O–H groups in total. The van der Waals surface area contributed by atoms with Crippen LogP contribution >= 0.6 is 0 Å². The fourth-order valence-corrected chi connectivity index (χ4v) is 5.32. The number of rotatable bonds is 6. The van der Waals surface area contributed by atoms with Crippen molar-refractivity contribution in [3.63, 3.8) is 0 Å². The maximum Gasteiger partial charge on any atom is 0.267 e. The normalized spacial score (nSPS) is 14.1. The number of benzene rings is 2. The van der Waals surface area contributed by atoms with E-state index in [4.69, 9.17) is 4.74 Å². The van der Waals surface area contributed by atoms with Crippen LogP contribution in [0.2, 0.25) is 0 Å². The van der Waals surface area contributed by atoms with E-state index in [2.05, 4.69) is 29.9 Å². The minimum atomic E-state index is -4.61. The van der Waals surface area contributed by atoms with E-state index in [1.165, 1.54) is 25.7 Å². The second kappa shape index (κ2) is 9.63. The number of fused-ring (bicyclic) bond motifs is 1. The maximum absolute atomic E-state index is 14.2. The predicted octanol–water partition coefficient (Wildman–Crippen LogP) is 3.19. The Balaban J connectivity index is 1.56. The summed E-state index contributed by atoms with van der Waals surface area (Å²) in [6, 6.07) is 9.91. The molecular weight excluding hydrogens is 490 g/mol. The first-order valence-electron chi connectivity index (χ1n) is 11.1. The number of hydrogen-bond donors (Lipinski definition) is 2. The van der Waals surface area contributed by atoms with Gasteiger partial charge >= 0.3 is 0 Å². The fraction of sp³-hybridized carbons (Fsp3) is 0.208. The van der Waals surface area contributed by atoms with E-state index in [1.54, 1.807) is 0 Å². The van der Waals surface area contributed by atoms with Crippen LogP contribution < -0.4 is 19.7 Å². The second-order valence-corrected chi connectivity index (χ2v) is 9.72. The van der Waals surface area contributed by atoms with Gasteiger partial charge in [0.15, 0.2) is 4.90 Å². The van der Waals surface area contributed by atoms with Gasteiger partial charge in [0.25, 0.3) is 10.0 Å². The molecule has 1 aliphatic heterocycles. The zero-order chi connectivity index (χ0) is 25.3. The van der Waals surface area contributed by atoms with Crippen molar-refractivity contribution in [2.24, 2.45) is 0 Å². The third kappa shape index (κ3) is 4.52. The van der Waals surface area contributed by atoms with Crippen LogP contribution in [-0.4, -0.2) is 56.7 Å². The third-order valence-corrected chi connectivity index (χ3v) is 7.26. The quantitative estimate of drug-likeness (QED) is 0.406. The Morgan fingerprint density at radius 2 is 1.75 bits per heavy atom. The Morgan fingerprint density at radius 1 is 1.00 bits per heavy atom. The molecule has 0 bridgehead atoms. The van der Waals surface area contributed by atoms with Crippen molar-refractivity contribution in [2.45, 2.75) is 4.90 Å². The Hall–Kier alpha value is -3.90. The molecule has 1 saturated heterocycles. The number of ether oxygens (including phenoxy) is 1.